The number of thiol groups is 1. The highest BCUT2D eigenvalue weighted by atomic mass is 32.1. The molecular formula is C42H70O34S. The van der Waals surface area contributed by atoms with Gasteiger partial charge in [-0.05, 0) is 0 Å². The van der Waals surface area contributed by atoms with Crippen LogP contribution in [0.5, 0.6) is 0 Å². The Bertz CT molecular complexity index is 1470. The predicted octanol–water partition coefficient (Wildman–Crippen LogP) is -14.3. The van der Waals surface area contributed by atoms with Crippen LogP contribution in [0.15, 0.2) is 0 Å². The first kappa shape index (κ1) is 62.0. The Morgan fingerprint density at radius 1 is 0.195 bits per heavy atom. The van der Waals surface area contributed by atoms with Gasteiger partial charge in [-0.3, -0.25) is 0 Å². The van der Waals surface area contributed by atoms with E-state index in [1.807, 2.05) is 0 Å². The number of ether oxygens (including phenoxy) is 14. The van der Waals surface area contributed by atoms with Crippen LogP contribution in [-0.4, -0.2) is 362 Å². The van der Waals surface area contributed by atoms with Gasteiger partial charge in [0.15, 0.2) is 44.0 Å². The van der Waals surface area contributed by atoms with Crippen molar-refractivity contribution in [2.24, 2.45) is 0 Å². The van der Waals surface area contributed by atoms with Gasteiger partial charge in [0.05, 0.1) is 51.5 Å². The molecule has 0 spiro atoms. The summed E-state index contributed by atoms with van der Waals surface area (Å²) >= 11 is 4.41. The quantitative estimate of drug-likeness (QED) is 0.105. The van der Waals surface area contributed by atoms with Gasteiger partial charge in [0.25, 0.3) is 0 Å². The third kappa shape index (κ3) is 12.2. The van der Waals surface area contributed by atoms with Gasteiger partial charge in [0, 0.05) is 0 Å². The Labute approximate surface area is 440 Å². The van der Waals surface area contributed by atoms with Gasteiger partial charge in [-0.15, -0.1) is 0 Å². The topological polar surface area (TPSA) is 534 Å². The standard InChI is InChI=1S/C42H70O34S/c43-1-8-28-16(51)22(57)37(64-8)72-30-10(3-45)66-39(24(59)18(30)53)74-32-12(5-47)68-41(26(61)20(32)55)76-34-14(7-49)69-42(27(62)35(34)77)75-33-13(6-48)67-40(25(60)19(33)54)73-31-11(4-46)65-38(23(58)17(31)52)71-29-9(2-44)63-36(70-28)21(56)15(29)50/h8-62,77H,1-7H2/t8-,9-,10-,11-,12-,13-,14-,15-,16-,17-,18-,19-,20-,21-,22-,23-,24-,25-,26-,27+,28-,29-,30-,31-,32-,33-,34-,35+,36-,37-,38-,39-,40-,41-,42-/m1/s1. The fraction of sp³-hybridized carbons (Fsp3) is 1.00. The van der Waals surface area contributed by atoms with Crippen LogP contribution in [0.2, 0.25) is 0 Å². The molecule has 34 nitrogen and oxygen atoms in total. The molecule has 21 fully saturated rings. The van der Waals surface area contributed by atoms with Crippen LogP contribution in [0.25, 0.3) is 0 Å². The lowest BCUT2D eigenvalue weighted by Gasteiger charge is -2.50. The van der Waals surface area contributed by atoms with Gasteiger partial charge in [-0.25, -0.2) is 0 Å². The highest BCUT2D eigenvalue weighted by Gasteiger charge is 2.59. The van der Waals surface area contributed by atoms with Crippen molar-refractivity contribution in [3.63, 3.8) is 0 Å². The molecule has 21 saturated heterocycles. The molecule has 0 aromatic heterocycles. The molecular weight excluding hydrogens is 1080 g/mol. The van der Waals surface area contributed by atoms with Crippen molar-refractivity contribution in [1.82, 2.24) is 0 Å². The summed E-state index contributed by atoms with van der Waals surface area (Å²) < 4.78 is 80.1. The molecule has 14 bridgehead atoms. The number of hydrogen-bond donors (Lipinski definition) is 21. The smallest absolute Gasteiger partial charge is 0.187 e. The first-order chi connectivity index (χ1) is 36.7. The lowest BCUT2D eigenvalue weighted by molar-refractivity contribution is -0.396. The number of aliphatic hydroxyl groups is 20. The van der Waals surface area contributed by atoms with Crippen molar-refractivity contribution >= 4 is 12.6 Å². The van der Waals surface area contributed by atoms with Gasteiger partial charge in [0.1, 0.15) is 165 Å². The van der Waals surface area contributed by atoms with Crippen LogP contribution in [0.4, 0.5) is 0 Å². The van der Waals surface area contributed by atoms with Crippen LogP contribution in [0, 0.1) is 0 Å². The molecule has 448 valence electrons. The van der Waals surface area contributed by atoms with Crippen molar-refractivity contribution in [2.45, 2.75) is 214 Å². The number of aliphatic hydroxyl groups excluding tert-OH is 20. The van der Waals surface area contributed by atoms with Gasteiger partial charge < -0.3 is 168 Å². The average molecular weight is 1150 g/mol. The molecule has 0 amide bonds. The zero-order valence-corrected chi connectivity index (χ0v) is 41.2. The Kier molecular flexibility index (Phi) is 21.2. The van der Waals surface area contributed by atoms with E-state index >= 15 is 0 Å². The van der Waals surface area contributed by atoms with Gasteiger partial charge in [-0.2, -0.15) is 12.6 Å². The molecule has 20 N–H and O–H groups in total. The van der Waals surface area contributed by atoms with E-state index in [0.29, 0.717) is 0 Å². The summed E-state index contributed by atoms with van der Waals surface area (Å²) in [5.41, 5.74) is 0. The molecule has 21 rings (SSSR count). The average Bonchev–Trinajstić information content (AvgIpc) is 3.45. The van der Waals surface area contributed by atoms with E-state index in [0.717, 1.165) is 0 Å². The second-order valence-electron chi connectivity index (χ2n) is 19.7. The summed E-state index contributed by atoms with van der Waals surface area (Å²) in [6.45, 7) is -7.08. The molecule has 77 heavy (non-hydrogen) atoms. The largest absolute Gasteiger partial charge is 0.394 e. The fourth-order valence-corrected chi connectivity index (χ4v) is 10.8. The zero-order chi connectivity index (χ0) is 56.1. The molecule has 21 aliphatic heterocycles. The van der Waals surface area contributed by atoms with Crippen LogP contribution in [0.1, 0.15) is 0 Å². The first-order valence-corrected chi connectivity index (χ1v) is 25.1. The van der Waals surface area contributed by atoms with Crippen LogP contribution < -0.4 is 0 Å². The molecule has 0 aromatic rings. The summed E-state index contributed by atoms with van der Waals surface area (Å²) in [6, 6.07) is 0. The molecule has 0 aromatic carbocycles. The highest BCUT2D eigenvalue weighted by Crippen LogP contribution is 2.39. The molecule has 0 aliphatic carbocycles. The normalized spacial score (nSPS) is 55.4. The summed E-state index contributed by atoms with van der Waals surface area (Å²) in [6.07, 6.45) is -66.2. The Morgan fingerprint density at radius 3 is 0.506 bits per heavy atom. The predicted molar refractivity (Wildman–Crippen MR) is 235 cm³/mol. The minimum atomic E-state index is -2.20. The van der Waals surface area contributed by atoms with Gasteiger partial charge >= 0.3 is 0 Å². The van der Waals surface area contributed by atoms with Gasteiger partial charge in [-0.1, -0.05) is 0 Å². The van der Waals surface area contributed by atoms with Crippen molar-refractivity contribution in [3.05, 3.63) is 0 Å². The minimum Gasteiger partial charge on any atom is -0.394 e. The molecule has 21 heterocycles. The summed E-state index contributed by atoms with van der Waals surface area (Å²) in [7, 11) is 0. The third-order valence-electron chi connectivity index (χ3n) is 14.8. The first-order valence-electron chi connectivity index (χ1n) is 24.6. The number of hydrogen-bond acceptors (Lipinski definition) is 35. The van der Waals surface area contributed by atoms with Crippen LogP contribution in [0.3, 0.4) is 0 Å². The highest BCUT2D eigenvalue weighted by molar-refractivity contribution is 7.81. The second-order valence-corrected chi connectivity index (χ2v) is 20.2. The van der Waals surface area contributed by atoms with E-state index < -0.39 is 260 Å². The second kappa shape index (κ2) is 26.3. The Hall–Kier alpha value is -1.01. The molecule has 35 atom stereocenters. The Balaban J connectivity index is 1.08. The molecule has 0 unspecified atom stereocenters. The van der Waals surface area contributed by atoms with Crippen molar-refractivity contribution < 1.29 is 168 Å². The van der Waals surface area contributed by atoms with Crippen LogP contribution in [-0.2, 0) is 66.3 Å². The minimum absolute atomic E-state index is 0.936. The monoisotopic (exact) mass is 1150 g/mol. The maximum Gasteiger partial charge on any atom is 0.187 e. The van der Waals surface area contributed by atoms with E-state index in [9.17, 15) is 102 Å². The number of rotatable bonds is 7. The SMILES string of the molecule is OC[C@H]1O[C@@H]2O[C@H]3[C@H](O)[C@@H](O)[C@@H](O[C@H]4[C@H](O)[C@@H](O)[C@@H](O[C@H]5[C@H](O)[C@@H](O)[C@@H](O[C@H]6[C@H](O)[C@@H](O)[C@@H](O[C@H]7[C@H](O)[C@@H](O)[C@@H](O[C@H]8[C@@H](S)[C@H](O)[C@@H](O[C@H]1[C@H](O)[C@H]2O)O[C@@H]8CO)O[C@@H]7CO)O[C@@H]6CO)O[C@@H]5CO)O[C@@H]4CO)O[C@@H]3CO. The lowest BCUT2D eigenvalue weighted by Crippen LogP contribution is -2.68. The van der Waals surface area contributed by atoms with Crippen molar-refractivity contribution in [2.75, 3.05) is 46.2 Å². The van der Waals surface area contributed by atoms with E-state index in [2.05, 4.69) is 12.6 Å². The lowest BCUT2D eigenvalue weighted by atomic mass is 9.95. The van der Waals surface area contributed by atoms with E-state index in [1.165, 1.54) is 0 Å². The fourth-order valence-electron chi connectivity index (χ4n) is 10.4. The van der Waals surface area contributed by atoms with Crippen molar-refractivity contribution in [1.29, 1.82) is 0 Å². The third-order valence-corrected chi connectivity index (χ3v) is 15.4. The van der Waals surface area contributed by atoms with E-state index in [1.54, 1.807) is 0 Å². The van der Waals surface area contributed by atoms with Gasteiger partial charge in [0.2, 0.25) is 0 Å². The maximum atomic E-state index is 11.4. The summed E-state index contributed by atoms with van der Waals surface area (Å²) in [4.78, 5) is 0. The van der Waals surface area contributed by atoms with Crippen molar-refractivity contribution in [3.8, 4) is 0 Å². The Morgan fingerprint density at radius 2 is 0.338 bits per heavy atom. The molecule has 35 heteroatoms. The summed E-state index contributed by atoms with van der Waals surface area (Å²) in [5, 5.41) is 218. The van der Waals surface area contributed by atoms with Crippen LogP contribution >= 0.6 is 12.6 Å². The van der Waals surface area contributed by atoms with E-state index in [-0.39, 0.29) is 0 Å². The summed E-state index contributed by atoms with van der Waals surface area (Å²) in [5.74, 6) is 0. The molecule has 0 saturated carbocycles. The zero-order valence-electron chi connectivity index (χ0n) is 40.3. The maximum absolute atomic E-state index is 11.4. The molecule has 21 aliphatic rings. The van der Waals surface area contributed by atoms with E-state index in [4.69, 9.17) is 66.3 Å². The molecule has 0 radical (unpaired) electrons.